The molecule has 6 nitrogen and oxygen atoms in total. The average Bonchev–Trinajstić information content (AvgIpc) is 3.17. The zero-order valence-electron chi connectivity index (χ0n) is 13.1. The van der Waals surface area contributed by atoms with Crippen molar-refractivity contribution in [3.8, 4) is 17.1 Å². The molecule has 0 saturated carbocycles. The fraction of sp³-hybridized carbons (Fsp3) is 0.500. The van der Waals surface area contributed by atoms with Gasteiger partial charge in [-0.05, 0) is 43.7 Å². The van der Waals surface area contributed by atoms with E-state index < -0.39 is 0 Å². The first kappa shape index (κ1) is 15.0. The lowest BCUT2D eigenvalue weighted by Gasteiger charge is -2.12. The molecule has 1 atom stereocenters. The predicted molar refractivity (Wildman–Crippen MR) is 83.7 cm³/mol. The van der Waals surface area contributed by atoms with Crippen molar-refractivity contribution in [2.24, 2.45) is 7.05 Å². The summed E-state index contributed by atoms with van der Waals surface area (Å²) in [6.45, 7) is 2.28. The molecular weight excluding hydrogens is 280 g/mol. The van der Waals surface area contributed by atoms with E-state index in [1.807, 2.05) is 31.3 Å². The van der Waals surface area contributed by atoms with Crippen LogP contribution in [0.2, 0.25) is 0 Å². The highest BCUT2D eigenvalue weighted by molar-refractivity contribution is 5.55. The number of aryl methyl sites for hydroxylation is 1. The van der Waals surface area contributed by atoms with Crippen LogP contribution in [0.4, 0.5) is 0 Å². The van der Waals surface area contributed by atoms with E-state index in [9.17, 15) is 0 Å². The molecule has 1 aliphatic heterocycles. The first-order valence-corrected chi connectivity index (χ1v) is 7.62. The zero-order valence-corrected chi connectivity index (χ0v) is 13.1. The van der Waals surface area contributed by atoms with Crippen LogP contribution in [0.5, 0.6) is 5.75 Å². The molecule has 0 amide bonds. The minimum atomic E-state index is 0.457. The Morgan fingerprint density at radius 2 is 2.14 bits per heavy atom. The Labute approximate surface area is 130 Å². The summed E-state index contributed by atoms with van der Waals surface area (Å²) < 4.78 is 12.7. The third kappa shape index (κ3) is 3.45. The van der Waals surface area contributed by atoms with Crippen molar-refractivity contribution in [1.82, 2.24) is 20.1 Å². The van der Waals surface area contributed by atoms with E-state index in [4.69, 9.17) is 9.47 Å². The second-order valence-corrected chi connectivity index (χ2v) is 5.54. The molecule has 0 aliphatic carbocycles. The Morgan fingerprint density at radius 1 is 1.32 bits per heavy atom. The average molecular weight is 302 g/mol. The van der Waals surface area contributed by atoms with Crippen molar-refractivity contribution in [3.63, 3.8) is 0 Å². The molecule has 1 aromatic carbocycles. The van der Waals surface area contributed by atoms with Gasteiger partial charge >= 0.3 is 0 Å². The van der Waals surface area contributed by atoms with Crippen LogP contribution >= 0.6 is 0 Å². The molecule has 1 unspecified atom stereocenters. The summed E-state index contributed by atoms with van der Waals surface area (Å²) in [5.41, 5.74) is 0.976. The third-order valence-corrected chi connectivity index (χ3v) is 3.85. The predicted octanol–water partition coefficient (Wildman–Crippen LogP) is 1.76. The smallest absolute Gasteiger partial charge is 0.181 e. The van der Waals surface area contributed by atoms with E-state index >= 15 is 0 Å². The normalized spacial score (nSPS) is 17.8. The maximum atomic E-state index is 5.82. The Kier molecular flexibility index (Phi) is 4.70. The highest BCUT2D eigenvalue weighted by Gasteiger charge is 2.14. The molecule has 1 saturated heterocycles. The van der Waals surface area contributed by atoms with Gasteiger partial charge in [-0.25, -0.2) is 4.98 Å². The highest BCUT2D eigenvalue weighted by atomic mass is 16.5. The van der Waals surface area contributed by atoms with Crippen LogP contribution in [0, 0.1) is 0 Å². The van der Waals surface area contributed by atoms with Crippen LogP contribution in [-0.4, -0.2) is 41.1 Å². The Hall–Kier alpha value is -1.92. The van der Waals surface area contributed by atoms with Crippen LogP contribution in [0.15, 0.2) is 24.3 Å². The van der Waals surface area contributed by atoms with E-state index in [-0.39, 0.29) is 0 Å². The maximum Gasteiger partial charge on any atom is 0.181 e. The fourth-order valence-corrected chi connectivity index (χ4v) is 2.59. The summed E-state index contributed by atoms with van der Waals surface area (Å²) in [6, 6.07) is 8.40. The summed E-state index contributed by atoms with van der Waals surface area (Å²) >= 11 is 0. The maximum absolute atomic E-state index is 5.82. The number of hydrogen-bond donors (Lipinski definition) is 1. The lowest BCUT2D eigenvalue weighted by Crippen LogP contribution is -2.28. The summed E-state index contributed by atoms with van der Waals surface area (Å²) in [7, 11) is 3.52. The SMILES string of the molecule is COCc1nc(-c2ccc(OCC3CCCN3)cc2)nn1C. The van der Waals surface area contributed by atoms with Gasteiger partial charge in [0, 0.05) is 25.8 Å². The van der Waals surface area contributed by atoms with E-state index in [2.05, 4.69) is 15.4 Å². The molecule has 1 fully saturated rings. The van der Waals surface area contributed by atoms with Crippen LogP contribution in [0.25, 0.3) is 11.4 Å². The van der Waals surface area contributed by atoms with Gasteiger partial charge in [0.25, 0.3) is 0 Å². The van der Waals surface area contributed by atoms with Gasteiger partial charge in [-0.3, -0.25) is 4.68 Å². The number of nitrogens with one attached hydrogen (secondary N) is 1. The fourth-order valence-electron chi connectivity index (χ4n) is 2.59. The standard InChI is InChI=1S/C16H22N4O2/c1-20-15(11-21-2)18-16(19-20)12-5-7-14(8-6-12)22-10-13-4-3-9-17-13/h5-8,13,17H,3-4,9-11H2,1-2H3. The first-order valence-electron chi connectivity index (χ1n) is 7.62. The van der Waals surface area contributed by atoms with Gasteiger partial charge < -0.3 is 14.8 Å². The Morgan fingerprint density at radius 3 is 2.82 bits per heavy atom. The number of rotatable bonds is 6. The molecule has 2 heterocycles. The van der Waals surface area contributed by atoms with E-state index in [1.54, 1.807) is 11.8 Å². The van der Waals surface area contributed by atoms with Crippen molar-refractivity contribution in [3.05, 3.63) is 30.1 Å². The molecule has 22 heavy (non-hydrogen) atoms. The molecular formula is C16H22N4O2. The monoisotopic (exact) mass is 302 g/mol. The third-order valence-electron chi connectivity index (χ3n) is 3.85. The number of ether oxygens (including phenoxy) is 2. The summed E-state index contributed by atoms with van der Waals surface area (Å²) in [4.78, 5) is 4.48. The quantitative estimate of drug-likeness (QED) is 0.881. The molecule has 0 bridgehead atoms. The molecule has 1 aliphatic rings. The minimum Gasteiger partial charge on any atom is -0.492 e. The van der Waals surface area contributed by atoms with Gasteiger partial charge in [0.1, 0.15) is 19.0 Å². The van der Waals surface area contributed by atoms with E-state index in [0.29, 0.717) is 18.5 Å². The number of hydrogen-bond acceptors (Lipinski definition) is 5. The zero-order chi connectivity index (χ0) is 15.4. The molecule has 3 rings (SSSR count). The molecule has 118 valence electrons. The Bertz CT molecular complexity index is 603. The van der Waals surface area contributed by atoms with Crippen LogP contribution in [-0.2, 0) is 18.4 Å². The molecule has 0 radical (unpaired) electrons. The summed E-state index contributed by atoms with van der Waals surface area (Å²) in [6.07, 6.45) is 2.43. The second kappa shape index (κ2) is 6.89. The molecule has 0 spiro atoms. The largest absolute Gasteiger partial charge is 0.492 e. The topological polar surface area (TPSA) is 61.2 Å². The minimum absolute atomic E-state index is 0.457. The van der Waals surface area contributed by atoms with Gasteiger partial charge in [-0.15, -0.1) is 0 Å². The van der Waals surface area contributed by atoms with Gasteiger partial charge in [-0.1, -0.05) is 0 Å². The lowest BCUT2D eigenvalue weighted by molar-refractivity contribution is 0.174. The molecule has 1 N–H and O–H groups in total. The number of nitrogens with zero attached hydrogens (tertiary/aromatic N) is 3. The van der Waals surface area contributed by atoms with Gasteiger partial charge in [0.2, 0.25) is 0 Å². The Balaban J connectivity index is 1.64. The highest BCUT2D eigenvalue weighted by Crippen LogP contribution is 2.20. The number of aromatic nitrogens is 3. The van der Waals surface area contributed by atoms with Crippen molar-refractivity contribution < 1.29 is 9.47 Å². The molecule has 2 aromatic rings. The van der Waals surface area contributed by atoms with E-state index in [0.717, 1.165) is 30.3 Å². The van der Waals surface area contributed by atoms with Gasteiger partial charge in [0.05, 0.1) is 0 Å². The van der Waals surface area contributed by atoms with Crippen molar-refractivity contribution in [2.75, 3.05) is 20.3 Å². The van der Waals surface area contributed by atoms with Crippen molar-refractivity contribution >= 4 is 0 Å². The van der Waals surface area contributed by atoms with Gasteiger partial charge in [0.15, 0.2) is 11.6 Å². The first-order chi connectivity index (χ1) is 10.8. The lowest BCUT2D eigenvalue weighted by atomic mass is 10.2. The molecule has 6 heteroatoms. The van der Waals surface area contributed by atoms with E-state index in [1.165, 1.54) is 12.8 Å². The van der Waals surface area contributed by atoms with Crippen LogP contribution in [0.3, 0.4) is 0 Å². The van der Waals surface area contributed by atoms with Crippen molar-refractivity contribution in [2.45, 2.75) is 25.5 Å². The number of methoxy groups -OCH3 is 1. The van der Waals surface area contributed by atoms with Gasteiger partial charge in [-0.2, -0.15) is 5.10 Å². The summed E-state index contributed by atoms with van der Waals surface area (Å²) in [5, 5.41) is 7.84. The van der Waals surface area contributed by atoms with Crippen LogP contribution < -0.4 is 10.1 Å². The second-order valence-electron chi connectivity index (χ2n) is 5.54. The van der Waals surface area contributed by atoms with Crippen LogP contribution in [0.1, 0.15) is 18.7 Å². The molecule has 1 aromatic heterocycles. The summed E-state index contributed by atoms with van der Waals surface area (Å²) in [5.74, 6) is 2.40. The van der Waals surface area contributed by atoms with Crippen molar-refractivity contribution in [1.29, 1.82) is 0 Å². The number of benzene rings is 1.